The lowest BCUT2D eigenvalue weighted by Gasteiger charge is -2.08. The Kier molecular flexibility index (Phi) is 1.70. The zero-order chi connectivity index (χ0) is 7.68. The fraction of sp³-hybridized carbons (Fsp3) is 0.556. The van der Waals surface area contributed by atoms with E-state index >= 15 is 0 Å². The smallest absolute Gasteiger partial charge is 0.0830 e. The van der Waals surface area contributed by atoms with Gasteiger partial charge in [-0.3, -0.25) is 0 Å². The van der Waals surface area contributed by atoms with E-state index in [1.165, 1.54) is 30.5 Å². The SMILES string of the molecule is OCc1cc2c([nH]1)CCCC2. The van der Waals surface area contributed by atoms with Crippen molar-refractivity contribution in [2.45, 2.75) is 32.3 Å². The number of aromatic amines is 1. The quantitative estimate of drug-likeness (QED) is 0.625. The summed E-state index contributed by atoms with van der Waals surface area (Å²) >= 11 is 0. The summed E-state index contributed by atoms with van der Waals surface area (Å²) in [6.07, 6.45) is 4.94. The molecule has 0 amide bonds. The number of H-pyrrole nitrogens is 1. The second-order valence-electron chi connectivity index (χ2n) is 3.16. The predicted molar refractivity (Wildman–Crippen MR) is 43.4 cm³/mol. The van der Waals surface area contributed by atoms with Crippen molar-refractivity contribution in [2.75, 3.05) is 0 Å². The standard InChI is InChI=1S/C9H13NO/c11-6-8-5-7-3-1-2-4-9(7)10-8/h5,10-11H,1-4,6H2. The molecule has 0 aromatic carbocycles. The number of nitrogens with one attached hydrogen (secondary N) is 1. The van der Waals surface area contributed by atoms with Gasteiger partial charge in [0.2, 0.25) is 0 Å². The number of hydrogen-bond acceptors (Lipinski definition) is 1. The van der Waals surface area contributed by atoms with Gasteiger partial charge in [0.05, 0.1) is 6.61 Å². The number of aryl methyl sites for hydroxylation is 2. The molecule has 0 atom stereocenters. The molecule has 2 nitrogen and oxygen atoms in total. The second kappa shape index (κ2) is 2.70. The predicted octanol–water partition coefficient (Wildman–Crippen LogP) is 1.39. The molecule has 60 valence electrons. The summed E-state index contributed by atoms with van der Waals surface area (Å²) in [5.41, 5.74) is 3.73. The Labute approximate surface area is 66.3 Å². The van der Waals surface area contributed by atoms with Gasteiger partial charge in [-0.25, -0.2) is 0 Å². The number of hydrogen-bond donors (Lipinski definition) is 2. The highest BCUT2D eigenvalue weighted by atomic mass is 16.3. The first kappa shape index (κ1) is 6.92. The first-order valence-electron chi connectivity index (χ1n) is 4.20. The highest BCUT2D eigenvalue weighted by Crippen LogP contribution is 2.21. The van der Waals surface area contributed by atoms with Crippen molar-refractivity contribution in [1.82, 2.24) is 4.98 Å². The van der Waals surface area contributed by atoms with Gasteiger partial charge in [0.15, 0.2) is 0 Å². The minimum Gasteiger partial charge on any atom is -0.390 e. The number of fused-ring (bicyclic) bond motifs is 1. The van der Waals surface area contributed by atoms with Crippen LogP contribution in [-0.4, -0.2) is 10.1 Å². The molecule has 0 unspecified atom stereocenters. The molecule has 2 heteroatoms. The largest absolute Gasteiger partial charge is 0.390 e. The van der Waals surface area contributed by atoms with Crippen molar-refractivity contribution in [3.63, 3.8) is 0 Å². The molecule has 2 rings (SSSR count). The van der Waals surface area contributed by atoms with Crippen molar-refractivity contribution in [1.29, 1.82) is 0 Å². The Morgan fingerprint density at radius 3 is 2.91 bits per heavy atom. The van der Waals surface area contributed by atoms with Gasteiger partial charge in [-0.05, 0) is 37.3 Å². The van der Waals surface area contributed by atoms with Gasteiger partial charge in [-0.1, -0.05) is 0 Å². The third-order valence-corrected chi connectivity index (χ3v) is 2.34. The Hall–Kier alpha value is -0.760. The molecule has 0 saturated heterocycles. The van der Waals surface area contributed by atoms with Crippen LogP contribution in [0, 0.1) is 0 Å². The molecular weight excluding hydrogens is 138 g/mol. The number of aliphatic hydroxyl groups excluding tert-OH is 1. The maximum Gasteiger partial charge on any atom is 0.0830 e. The van der Waals surface area contributed by atoms with Crippen molar-refractivity contribution >= 4 is 0 Å². The normalized spacial score (nSPS) is 16.5. The van der Waals surface area contributed by atoms with Gasteiger partial charge in [-0.2, -0.15) is 0 Å². The molecule has 0 bridgehead atoms. The Balaban J connectivity index is 2.32. The monoisotopic (exact) mass is 151 g/mol. The topological polar surface area (TPSA) is 36.0 Å². The summed E-state index contributed by atoms with van der Waals surface area (Å²) in [5, 5.41) is 8.86. The summed E-state index contributed by atoms with van der Waals surface area (Å²) in [5.74, 6) is 0. The molecule has 2 N–H and O–H groups in total. The molecule has 1 heterocycles. The van der Waals surface area contributed by atoms with Gasteiger partial charge in [0.1, 0.15) is 0 Å². The van der Waals surface area contributed by atoms with Crippen LogP contribution < -0.4 is 0 Å². The lowest BCUT2D eigenvalue weighted by atomic mass is 9.98. The van der Waals surface area contributed by atoms with E-state index in [2.05, 4.69) is 11.1 Å². The fourth-order valence-electron chi connectivity index (χ4n) is 1.76. The van der Waals surface area contributed by atoms with Crippen molar-refractivity contribution in [3.8, 4) is 0 Å². The Morgan fingerprint density at radius 1 is 1.36 bits per heavy atom. The molecule has 1 aromatic heterocycles. The van der Waals surface area contributed by atoms with Crippen LogP contribution in [0.4, 0.5) is 0 Å². The number of rotatable bonds is 1. The van der Waals surface area contributed by atoms with Crippen molar-refractivity contribution < 1.29 is 5.11 Å². The summed E-state index contributed by atoms with van der Waals surface area (Å²) in [6, 6.07) is 2.09. The summed E-state index contributed by atoms with van der Waals surface area (Å²) in [4.78, 5) is 3.23. The van der Waals surface area contributed by atoms with Crippen LogP contribution in [0.15, 0.2) is 6.07 Å². The van der Waals surface area contributed by atoms with E-state index in [4.69, 9.17) is 5.11 Å². The molecule has 0 aliphatic heterocycles. The van der Waals surface area contributed by atoms with Crippen LogP contribution >= 0.6 is 0 Å². The number of aliphatic hydroxyl groups is 1. The highest BCUT2D eigenvalue weighted by molar-refractivity contribution is 5.27. The van der Waals surface area contributed by atoms with Crippen molar-refractivity contribution in [3.05, 3.63) is 23.0 Å². The van der Waals surface area contributed by atoms with Crippen LogP contribution in [-0.2, 0) is 19.4 Å². The lowest BCUT2D eigenvalue weighted by Crippen LogP contribution is -1.99. The van der Waals surface area contributed by atoms with E-state index in [0.717, 1.165) is 12.1 Å². The van der Waals surface area contributed by atoms with Crippen LogP contribution in [0.1, 0.15) is 29.8 Å². The minimum atomic E-state index is 0.146. The zero-order valence-corrected chi connectivity index (χ0v) is 6.56. The first-order chi connectivity index (χ1) is 5.40. The van der Waals surface area contributed by atoms with Crippen molar-refractivity contribution in [2.24, 2.45) is 0 Å². The average Bonchev–Trinajstić information content (AvgIpc) is 2.46. The zero-order valence-electron chi connectivity index (χ0n) is 6.56. The Bertz CT molecular complexity index is 229. The van der Waals surface area contributed by atoms with Crippen LogP contribution in [0.25, 0.3) is 0 Å². The Morgan fingerprint density at radius 2 is 2.18 bits per heavy atom. The highest BCUT2D eigenvalue weighted by Gasteiger charge is 2.11. The summed E-state index contributed by atoms with van der Waals surface area (Å²) < 4.78 is 0. The van der Waals surface area contributed by atoms with Gasteiger partial charge in [0, 0.05) is 11.4 Å². The van der Waals surface area contributed by atoms with Crippen LogP contribution in [0.2, 0.25) is 0 Å². The maximum atomic E-state index is 8.86. The summed E-state index contributed by atoms with van der Waals surface area (Å²) in [7, 11) is 0. The van der Waals surface area contributed by atoms with E-state index in [-0.39, 0.29) is 6.61 Å². The molecule has 0 radical (unpaired) electrons. The molecule has 1 aliphatic rings. The molecular formula is C9H13NO. The van der Waals surface area contributed by atoms with Gasteiger partial charge in [-0.15, -0.1) is 0 Å². The van der Waals surface area contributed by atoms with E-state index < -0.39 is 0 Å². The fourth-order valence-corrected chi connectivity index (χ4v) is 1.76. The third-order valence-electron chi connectivity index (χ3n) is 2.34. The lowest BCUT2D eigenvalue weighted by molar-refractivity contribution is 0.277. The van der Waals surface area contributed by atoms with E-state index in [1.54, 1.807) is 0 Å². The minimum absolute atomic E-state index is 0.146. The van der Waals surface area contributed by atoms with Gasteiger partial charge >= 0.3 is 0 Å². The van der Waals surface area contributed by atoms with Gasteiger partial charge in [0.25, 0.3) is 0 Å². The summed E-state index contributed by atoms with van der Waals surface area (Å²) in [6.45, 7) is 0.146. The molecule has 11 heavy (non-hydrogen) atoms. The average molecular weight is 151 g/mol. The first-order valence-corrected chi connectivity index (χ1v) is 4.20. The third kappa shape index (κ3) is 1.18. The van der Waals surface area contributed by atoms with Crippen LogP contribution in [0.5, 0.6) is 0 Å². The van der Waals surface area contributed by atoms with E-state index in [0.29, 0.717) is 0 Å². The second-order valence-corrected chi connectivity index (χ2v) is 3.16. The maximum absolute atomic E-state index is 8.86. The van der Waals surface area contributed by atoms with Gasteiger partial charge < -0.3 is 10.1 Å². The molecule has 0 fully saturated rings. The molecule has 1 aliphatic carbocycles. The molecule has 0 saturated carbocycles. The number of aromatic nitrogens is 1. The van der Waals surface area contributed by atoms with Crippen LogP contribution in [0.3, 0.4) is 0 Å². The molecule has 1 aromatic rings. The van der Waals surface area contributed by atoms with E-state index in [9.17, 15) is 0 Å². The molecule has 0 spiro atoms. The van der Waals surface area contributed by atoms with E-state index in [1.807, 2.05) is 0 Å².